The molecule has 0 radical (unpaired) electrons. The lowest BCUT2D eigenvalue weighted by Gasteiger charge is -2.43. The van der Waals surface area contributed by atoms with Crippen molar-refractivity contribution in [3.63, 3.8) is 0 Å². The third-order valence-corrected chi connectivity index (χ3v) is 6.23. The van der Waals surface area contributed by atoms with E-state index in [9.17, 15) is 14.0 Å². The van der Waals surface area contributed by atoms with Crippen LogP contribution in [0.25, 0.3) is 0 Å². The number of ether oxygens (including phenoxy) is 1. The SMILES string of the molecule is Cc1ccnc(C)c1N1C(=C=O)N=C(N2CCN(C(=O)OC(C)(C)C)C[C@@H]2C)c2cc(F)c(Cl)nc21. The normalized spacial score (nSPS) is 18.0. The maximum absolute atomic E-state index is 14.7. The minimum Gasteiger partial charge on any atom is -0.444 e. The number of hydrogen-bond donors (Lipinski definition) is 0. The van der Waals surface area contributed by atoms with Crippen LogP contribution >= 0.6 is 11.6 Å². The van der Waals surface area contributed by atoms with Crippen LogP contribution in [0.3, 0.4) is 0 Å². The third-order valence-electron chi connectivity index (χ3n) is 5.96. The number of piperazine rings is 1. The highest BCUT2D eigenvalue weighted by molar-refractivity contribution is 6.30. The standard InChI is InChI=1S/C25H28ClFN6O3/c1-14-7-8-28-16(3)20(14)33-19(13-34)29-22(17-11-18(27)21(26)30-23(17)33)32-10-9-31(12-15(32)2)24(35)36-25(4,5)6/h7-8,11,15H,9-10,12H2,1-6H3/t15-/m0/s1. The van der Waals surface area contributed by atoms with E-state index in [0.717, 1.165) is 5.56 Å². The molecule has 36 heavy (non-hydrogen) atoms. The van der Waals surface area contributed by atoms with Gasteiger partial charge in [-0.05, 0) is 59.2 Å². The molecule has 1 amide bonds. The second-order valence-corrected chi connectivity index (χ2v) is 10.2. The van der Waals surface area contributed by atoms with E-state index in [2.05, 4.69) is 15.0 Å². The van der Waals surface area contributed by atoms with Gasteiger partial charge in [-0.2, -0.15) is 0 Å². The van der Waals surface area contributed by atoms with Gasteiger partial charge in [0.2, 0.25) is 5.82 Å². The Labute approximate surface area is 214 Å². The molecule has 2 aromatic rings. The minimum atomic E-state index is -0.707. The van der Waals surface area contributed by atoms with Gasteiger partial charge in [0.1, 0.15) is 11.4 Å². The Balaban J connectivity index is 1.76. The van der Waals surface area contributed by atoms with Crippen LogP contribution in [0.5, 0.6) is 0 Å². The van der Waals surface area contributed by atoms with Gasteiger partial charge in [0.25, 0.3) is 0 Å². The number of fused-ring (bicyclic) bond motifs is 1. The van der Waals surface area contributed by atoms with E-state index in [1.54, 1.807) is 24.1 Å². The number of carbonyl (C=O) groups is 1. The first-order valence-corrected chi connectivity index (χ1v) is 12.0. The van der Waals surface area contributed by atoms with Crippen molar-refractivity contribution in [3.05, 3.63) is 51.9 Å². The van der Waals surface area contributed by atoms with Crippen molar-refractivity contribution in [2.24, 2.45) is 4.99 Å². The smallest absolute Gasteiger partial charge is 0.410 e. The fourth-order valence-corrected chi connectivity index (χ4v) is 4.53. The van der Waals surface area contributed by atoms with Crippen molar-refractivity contribution in [1.29, 1.82) is 0 Å². The van der Waals surface area contributed by atoms with Crippen molar-refractivity contribution in [2.75, 3.05) is 24.5 Å². The number of halogens is 2. The molecular weight excluding hydrogens is 487 g/mol. The van der Waals surface area contributed by atoms with Gasteiger partial charge in [0, 0.05) is 31.9 Å². The summed E-state index contributed by atoms with van der Waals surface area (Å²) in [6.45, 7) is 12.1. The van der Waals surface area contributed by atoms with E-state index < -0.39 is 17.5 Å². The van der Waals surface area contributed by atoms with Crippen molar-refractivity contribution in [2.45, 2.75) is 53.2 Å². The summed E-state index contributed by atoms with van der Waals surface area (Å²) in [6, 6.07) is 2.86. The van der Waals surface area contributed by atoms with Crippen LogP contribution in [0, 0.1) is 19.7 Å². The maximum atomic E-state index is 14.7. The first kappa shape index (κ1) is 25.6. The molecule has 1 saturated heterocycles. The highest BCUT2D eigenvalue weighted by Gasteiger charge is 2.37. The summed E-state index contributed by atoms with van der Waals surface area (Å²) in [5.41, 5.74) is 1.81. The van der Waals surface area contributed by atoms with Gasteiger partial charge in [0.15, 0.2) is 22.7 Å². The number of aromatic nitrogens is 2. The van der Waals surface area contributed by atoms with Gasteiger partial charge in [-0.1, -0.05) is 11.6 Å². The molecule has 0 spiro atoms. The molecular formula is C25H28ClFN6O3. The monoisotopic (exact) mass is 514 g/mol. The Bertz CT molecular complexity index is 1280. The first-order chi connectivity index (χ1) is 16.9. The lowest BCUT2D eigenvalue weighted by atomic mass is 10.1. The summed E-state index contributed by atoms with van der Waals surface area (Å²) in [7, 11) is 0. The fourth-order valence-electron chi connectivity index (χ4n) is 4.39. The average molecular weight is 515 g/mol. The van der Waals surface area contributed by atoms with Crippen LogP contribution in [0.2, 0.25) is 5.15 Å². The molecule has 0 aromatic carbocycles. The molecule has 0 aliphatic carbocycles. The molecule has 9 nitrogen and oxygen atoms in total. The van der Waals surface area contributed by atoms with Gasteiger partial charge < -0.3 is 14.5 Å². The van der Waals surface area contributed by atoms with Crippen molar-refractivity contribution in [1.82, 2.24) is 19.8 Å². The lowest BCUT2D eigenvalue weighted by Crippen LogP contribution is -2.56. The number of aryl methyl sites for hydroxylation is 2. The van der Waals surface area contributed by atoms with Gasteiger partial charge >= 0.3 is 6.09 Å². The van der Waals surface area contributed by atoms with Crippen molar-refractivity contribution in [3.8, 4) is 0 Å². The summed E-state index contributed by atoms with van der Waals surface area (Å²) in [4.78, 5) is 43.1. The quantitative estimate of drug-likeness (QED) is 0.411. The van der Waals surface area contributed by atoms with E-state index in [-0.39, 0.29) is 22.8 Å². The lowest BCUT2D eigenvalue weighted by molar-refractivity contribution is 0.0134. The molecule has 0 saturated carbocycles. The topological polar surface area (TPSA) is 91.2 Å². The molecule has 4 heterocycles. The summed E-state index contributed by atoms with van der Waals surface area (Å²) in [6.07, 6.45) is 1.26. The molecule has 2 aliphatic heterocycles. The Morgan fingerprint density at radius 1 is 1.28 bits per heavy atom. The zero-order chi connectivity index (χ0) is 26.4. The molecule has 2 aromatic heterocycles. The van der Waals surface area contributed by atoms with Crippen LogP contribution in [0.15, 0.2) is 29.1 Å². The molecule has 0 bridgehead atoms. The van der Waals surface area contributed by atoms with Crippen LogP contribution in [-0.4, -0.2) is 68.9 Å². The molecule has 0 unspecified atom stereocenters. The van der Waals surface area contributed by atoms with Crippen LogP contribution in [0.1, 0.15) is 44.5 Å². The maximum Gasteiger partial charge on any atom is 0.410 e. The summed E-state index contributed by atoms with van der Waals surface area (Å²) >= 11 is 6.09. The highest BCUT2D eigenvalue weighted by atomic mass is 35.5. The van der Waals surface area contributed by atoms with Gasteiger partial charge in [-0.3, -0.25) is 9.88 Å². The highest BCUT2D eigenvalue weighted by Crippen LogP contribution is 2.40. The van der Waals surface area contributed by atoms with E-state index in [1.165, 1.54) is 11.0 Å². The summed E-state index contributed by atoms with van der Waals surface area (Å²) in [5, 5.41) is -0.327. The average Bonchev–Trinajstić information content (AvgIpc) is 2.79. The van der Waals surface area contributed by atoms with E-state index in [0.29, 0.717) is 42.4 Å². The summed E-state index contributed by atoms with van der Waals surface area (Å²) in [5.74, 6) is 1.77. The number of amidine groups is 1. The minimum absolute atomic E-state index is 0.0475. The second-order valence-electron chi connectivity index (χ2n) is 9.86. The number of anilines is 2. The Morgan fingerprint density at radius 3 is 2.61 bits per heavy atom. The largest absolute Gasteiger partial charge is 0.444 e. The number of nitrogens with zero attached hydrogens (tertiary/aromatic N) is 6. The summed E-state index contributed by atoms with van der Waals surface area (Å²) < 4.78 is 20.2. The molecule has 0 N–H and O–H groups in total. The predicted octanol–water partition coefficient (Wildman–Crippen LogP) is 4.40. The number of pyridine rings is 2. The molecule has 2 aliphatic rings. The number of hydrogen-bond acceptors (Lipinski definition) is 8. The Kier molecular flexibility index (Phi) is 6.77. The van der Waals surface area contributed by atoms with Gasteiger partial charge in [0.05, 0.1) is 16.9 Å². The van der Waals surface area contributed by atoms with Gasteiger partial charge in [-0.25, -0.2) is 24.0 Å². The fraction of sp³-hybridized carbons (Fsp3) is 0.440. The zero-order valence-corrected chi connectivity index (χ0v) is 21.9. The number of rotatable bonds is 1. The number of aliphatic imine (C=N–C) groups is 1. The molecule has 1 fully saturated rings. The van der Waals surface area contributed by atoms with Crippen LogP contribution < -0.4 is 4.90 Å². The molecule has 4 rings (SSSR count). The predicted molar refractivity (Wildman–Crippen MR) is 135 cm³/mol. The van der Waals surface area contributed by atoms with Crippen LogP contribution in [0.4, 0.5) is 20.7 Å². The number of carbonyl (C=O) groups excluding carboxylic acids is 2. The van der Waals surface area contributed by atoms with Crippen molar-refractivity contribution >= 4 is 41.0 Å². The first-order valence-electron chi connectivity index (χ1n) is 11.6. The number of amides is 1. The van der Waals surface area contributed by atoms with E-state index >= 15 is 0 Å². The molecule has 1 atom stereocenters. The molecule has 190 valence electrons. The van der Waals surface area contributed by atoms with Crippen molar-refractivity contribution < 1.29 is 18.7 Å². The Morgan fingerprint density at radius 2 is 2.00 bits per heavy atom. The van der Waals surface area contributed by atoms with Crippen LogP contribution in [-0.2, 0) is 9.53 Å². The van der Waals surface area contributed by atoms with E-state index in [4.69, 9.17) is 16.3 Å². The zero-order valence-electron chi connectivity index (χ0n) is 21.1. The second kappa shape index (κ2) is 9.52. The Hall–Kier alpha value is -3.49. The third kappa shape index (κ3) is 4.79. The van der Waals surface area contributed by atoms with E-state index in [1.807, 2.05) is 45.5 Å². The van der Waals surface area contributed by atoms with Gasteiger partial charge in [-0.15, -0.1) is 0 Å². The molecule has 11 heteroatoms.